The number of carbonyl (C=O) groups excluding carboxylic acids is 1. The molecular formula is C82H103F2N19O12S7. The molecule has 0 aliphatic carbocycles. The lowest BCUT2D eigenvalue weighted by Gasteiger charge is -2.34. The number of amides is 1. The third kappa shape index (κ3) is 27.0. The molecule has 6 aliphatic rings. The Bertz CT molecular complexity index is 5500. The number of anilines is 1. The topological polar surface area (TPSA) is 328 Å². The number of fused-ring (bicyclic) bond motifs is 4. The van der Waals surface area contributed by atoms with Crippen molar-refractivity contribution in [1.82, 2.24) is 67.9 Å². The summed E-state index contributed by atoms with van der Waals surface area (Å²) in [5.41, 5.74) is 17.9. The number of nitrogens with zero attached hydrogens (tertiary/aromatic N) is 15. The van der Waals surface area contributed by atoms with E-state index >= 15 is 0 Å². The predicted molar refractivity (Wildman–Crippen MR) is 482 cm³/mol. The summed E-state index contributed by atoms with van der Waals surface area (Å²) in [7, 11) is 4.14. The number of terminal acetylenes is 1. The van der Waals surface area contributed by atoms with E-state index in [9.17, 15) is 37.5 Å². The molecule has 12 aromatic rings. The van der Waals surface area contributed by atoms with Gasteiger partial charge in [-0.15, -0.1) is 6.42 Å². The Kier molecular flexibility index (Phi) is 36.0. The van der Waals surface area contributed by atoms with Crippen LogP contribution in [0.15, 0.2) is 162 Å². The van der Waals surface area contributed by atoms with E-state index in [1.807, 2.05) is 77.1 Å². The SMILES string of the molecule is C#CCn1sc2ccccc2c1=O.CN(C)Cc1cc(NCN2CCOCC2)ns1.NCC1CC(=O)N(CN2CCOCC2)S1.NCc1cc(=O)n(CN2CCOCC2)s1.NCc1cc(OCN2CCOCC2)ns1.O=c1c2cccc(F)c2sn1CN1CCN(Cn2sc3c(F)cccc3c2=O)CC1.O=c1c2ccccc2on1Cc1ccccc1. The summed E-state index contributed by atoms with van der Waals surface area (Å²) in [5, 5.41) is 5.84. The van der Waals surface area contributed by atoms with Crippen LogP contribution in [0, 0.1) is 24.0 Å². The highest BCUT2D eigenvalue weighted by Gasteiger charge is 2.32. The van der Waals surface area contributed by atoms with Crippen LogP contribution in [0.4, 0.5) is 14.6 Å². The zero-order valence-electron chi connectivity index (χ0n) is 68.1. The van der Waals surface area contributed by atoms with Gasteiger partial charge < -0.3 is 55.6 Å². The van der Waals surface area contributed by atoms with Crippen LogP contribution in [0.5, 0.6) is 5.88 Å². The number of carbonyl (C=O) groups is 1. The Hall–Kier alpha value is -8.59. The van der Waals surface area contributed by atoms with Gasteiger partial charge in [-0.3, -0.25) is 66.4 Å². The first-order valence-electron chi connectivity index (χ1n) is 40.0. The number of hydrogen-bond acceptors (Lipinski definition) is 32. The molecule has 0 radical (unpaired) electrons. The normalized spacial score (nSPS) is 17.0. The van der Waals surface area contributed by atoms with E-state index in [1.165, 1.54) is 56.3 Å². The maximum absolute atomic E-state index is 13.9. The van der Waals surface area contributed by atoms with Crippen molar-refractivity contribution >= 4 is 134 Å². The molecule has 40 heteroatoms. The van der Waals surface area contributed by atoms with Gasteiger partial charge in [-0.05, 0) is 109 Å². The Morgan fingerprint density at radius 2 is 1.04 bits per heavy atom. The monoisotopic (exact) mass is 1810 g/mol. The van der Waals surface area contributed by atoms with Crippen LogP contribution >= 0.6 is 81.1 Å². The summed E-state index contributed by atoms with van der Waals surface area (Å²) >= 11 is 9.70. The molecule has 13 heterocycles. The first-order chi connectivity index (χ1) is 59.4. The van der Waals surface area contributed by atoms with Crippen LogP contribution in [0.2, 0.25) is 0 Å². The van der Waals surface area contributed by atoms with Crippen molar-refractivity contribution in [2.75, 3.05) is 177 Å². The minimum atomic E-state index is -0.372. The van der Waals surface area contributed by atoms with Crippen LogP contribution in [0.3, 0.4) is 0 Å². The minimum absolute atomic E-state index is 0.0125. The molecule has 122 heavy (non-hydrogen) atoms. The number of nitrogens with one attached hydrogen (secondary N) is 1. The maximum atomic E-state index is 13.9. The standard InChI is InChI=1S/C20H18F2N4O2S2.C14H11NO2.C11H20N4OS.C10H7NOS.C9H15N3O2S.C9H17N3O2S.C9H15N3O2S/c21-15-5-1-3-13-17(15)29-25(19(13)27)11-23-7-9-24(10-8-23)12-26-20(28)14-4-2-6-16(22)18(14)30-26;16-14-12-8-4-5-9-13(12)17-15(14)10-11-6-2-1-3-7-11;1-14(2)8-10-7-11(13-17-10)12-9-15-3-5-16-6-4-15;1-2-7-11-10(12)8-5-3-4-6-9(8)13-11;10-6-8-5-9(11-15-8)14-7-12-1-3-13-4-2-12;2*10-6-8-5-9(13)12(15-8)7-11-1-3-14-4-2-11/h1-6H,7-12H2;1-9H,10H2;7H,3-6,8-9H2,1-2H3,(H,12,13);1,3-6H,7H2;5H,1-4,6-7,10H2;8H,1-7,10H2;5H,1-4,6-7,10H2. The molecule has 7 aromatic heterocycles. The van der Waals surface area contributed by atoms with E-state index in [0.717, 1.165) is 199 Å². The molecule has 6 aliphatic heterocycles. The molecule has 7 N–H and O–H groups in total. The highest BCUT2D eigenvalue weighted by Crippen LogP contribution is 2.30. The van der Waals surface area contributed by atoms with Crippen LogP contribution in [-0.2, 0) is 76.5 Å². The Labute approximate surface area is 733 Å². The van der Waals surface area contributed by atoms with E-state index < -0.39 is 0 Å². The number of hydrogen-bond donors (Lipinski definition) is 4. The van der Waals surface area contributed by atoms with Crippen molar-refractivity contribution in [2.45, 2.75) is 64.4 Å². The van der Waals surface area contributed by atoms with Crippen molar-refractivity contribution in [3.05, 3.63) is 217 Å². The number of piperazine rings is 1. The molecule has 18 rings (SSSR count). The molecule has 0 spiro atoms. The fourth-order valence-electron chi connectivity index (χ4n) is 13.2. The second-order valence-corrected chi connectivity index (χ2v) is 36.3. The molecule has 1 unspecified atom stereocenters. The van der Waals surface area contributed by atoms with Gasteiger partial charge in [0.15, 0.2) is 5.58 Å². The van der Waals surface area contributed by atoms with Crippen LogP contribution in [-0.4, -0.2) is 251 Å². The minimum Gasteiger partial charge on any atom is -0.461 e. The molecule has 0 saturated carbocycles. The fraction of sp³-hybridized carbons (Fsp3) is 0.439. The zero-order chi connectivity index (χ0) is 85.7. The quantitative estimate of drug-likeness (QED) is 0.0374. The second-order valence-electron chi connectivity index (χ2n) is 29.0. The van der Waals surface area contributed by atoms with Gasteiger partial charge in [0.25, 0.3) is 27.8 Å². The summed E-state index contributed by atoms with van der Waals surface area (Å²) in [4.78, 5) is 90.5. The third-order valence-electron chi connectivity index (χ3n) is 19.8. The van der Waals surface area contributed by atoms with E-state index in [1.54, 1.807) is 81.8 Å². The number of ether oxygens (including phenoxy) is 5. The maximum Gasteiger partial charge on any atom is 0.290 e. The molecule has 1 atom stereocenters. The van der Waals surface area contributed by atoms with Crippen molar-refractivity contribution in [3.63, 3.8) is 0 Å². The van der Waals surface area contributed by atoms with Crippen molar-refractivity contribution in [3.8, 4) is 18.2 Å². The molecule has 654 valence electrons. The highest BCUT2D eigenvalue weighted by molar-refractivity contribution is 7.98. The Balaban J connectivity index is 0.000000133. The highest BCUT2D eigenvalue weighted by atomic mass is 32.2. The number of benzene rings is 5. The van der Waals surface area contributed by atoms with Gasteiger partial charge in [0.1, 0.15) is 24.2 Å². The third-order valence-corrected chi connectivity index (χ3v) is 26.9. The lowest BCUT2D eigenvalue weighted by atomic mass is 10.2. The summed E-state index contributed by atoms with van der Waals surface area (Å²) in [6, 6.07) is 39.4. The lowest BCUT2D eigenvalue weighted by Crippen LogP contribution is -2.48. The Morgan fingerprint density at radius 3 is 1.57 bits per heavy atom. The van der Waals surface area contributed by atoms with Gasteiger partial charge in [-0.25, -0.2) is 20.7 Å². The molecule has 6 saturated heterocycles. The molecule has 1 amide bonds. The molecule has 0 bridgehead atoms. The van der Waals surface area contributed by atoms with Crippen molar-refractivity contribution < 1.29 is 41.8 Å². The number of nitrogens with two attached hydrogens (primary N) is 3. The lowest BCUT2D eigenvalue weighted by molar-refractivity contribution is -0.126. The molecule has 6 fully saturated rings. The van der Waals surface area contributed by atoms with Gasteiger partial charge in [0.2, 0.25) is 11.8 Å². The molecular weight excluding hydrogens is 1710 g/mol. The molecule has 5 aromatic carbocycles. The van der Waals surface area contributed by atoms with Gasteiger partial charge in [-0.1, -0.05) is 119 Å². The van der Waals surface area contributed by atoms with Crippen LogP contribution in [0.1, 0.15) is 26.6 Å². The number of halogens is 2. The first-order valence-corrected chi connectivity index (χ1v) is 45.4. The summed E-state index contributed by atoms with van der Waals surface area (Å²) < 4.78 is 80.0. The summed E-state index contributed by atoms with van der Waals surface area (Å²) in [6.07, 6.45) is 5.74. The van der Waals surface area contributed by atoms with Gasteiger partial charge in [0.05, 0.1) is 135 Å². The van der Waals surface area contributed by atoms with E-state index in [0.29, 0.717) is 110 Å². The average Bonchev–Trinajstić information content (AvgIpc) is 1.66. The number of aromatic nitrogens is 7. The van der Waals surface area contributed by atoms with E-state index in [4.69, 9.17) is 51.8 Å². The van der Waals surface area contributed by atoms with Crippen molar-refractivity contribution in [1.29, 1.82) is 0 Å². The van der Waals surface area contributed by atoms with Gasteiger partial charge >= 0.3 is 0 Å². The van der Waals surface area contributed by atoms with Gasteiger partial charge in [-0.2, -0.15) is 13.5 Å². The Morgan fingerprint density at radius 1 is 0.525 bits per heavy atom. The van der Waals surface area contributed by atoms with E-state index in [-0.39, 0.29) is 50.6 Å². The first kappa shape index (κ1) is 92.6. The van der Waals surface area contributed by atoms with E-state index in [2.05, 4.69) is 74.4 Å². The van der Waals surface area contributed by atoms with Crippen LogP contribution < -0.4 is 55.1 Å². The van der Waals surface area contributed by atoms with Crippen molar-refractivity contribution in [2.24, 2.45) is 17.2 Å². The largest absolute Gasteiger partial charge is 0.461 e. The predicted octanol–water partition coefficient (Wildman–Crippen LogP) is 7.61. The summed E-state index contributed by atoms with van der Waals surface area (Å²) in [5.74, 6) is 3.58. The smallest absolute Gasteiger partial charge is 0.290 e. The number of morpholine rings is 4. The summed E-state index contributed by atoms with van der Waals surface area (Å²) in [6.45, 7) is 23.6. The number of rotatable bonds is 22. The number of para-hydroxylation sites is 1. The zero-order valence-corrected chi connectivity index (χ0v) is 73.9. The second kappa shape index (κ2) is 47.5. The van der Waals surface area contributed by atoms with Gasteiger partial charge in [0, 0.05) is 143 Å². The average molecular weight is 1810 g/mol. The van der Waals surface area contributed by atoms with Crippen LogP contribution in [0.25, 0.3) is 41.2 Å². The fourth-order valence-corrected chi connectivity index (χ4v) is 19.5. The molecule has 31 nitrogen and oxygen atoms in total.